The Morgan fingerprint density at radius 3 is 2.50 bits per heavy atom. The van der Waals surface area contributed by atoms with E-state index in [1.54, 1.807) is 0 Å². The van der Waals surface area contributed by atoms with E-state index < -0.39 is 5.60 Å². The van der Waals surface area contributed by atoms with Crippen LogP contribution in [0.2, 0.25) is 5.02 Å². The van der Waals surface area contributed by atoms with Crippen molar-refractivity contribution >= 4 is 11.6 Å². The predicted octanol–water partition coefficient (Wildman–Crippen LogP) is 2.96. The lowest BCUT2D eigenvalue weighted by Gasteiger charge is -2.15. The van der Waals surface area contributed by atoms with Gasteiger partial charge in [-0.2, -0.15) is 0 Å². The third kappa shape index (κ3) is 0.945. The zero-order chi connectivity index (χ0) is 9.76. The van der Waals surface area contributed by atoms with Gasteiger partial charge in [0, 0.05) is 10.6 Å². The van der Waals surface area contributed by atoms with Gasteiger partial charge in [0.25, 0.3) is 0 Å². The summed E-state index contributed by atoms with van der Waals surface area (Å²) in [5, 5.41) is 11.2. The van der Waals surface area contributed by atoms with Gasteiger partial charge in [-0.3, -0.25) is 0 Å². The molecule has 0 bridgehead atoms. The Kier molecular flexibility index (Phi) is 1.71. The molecule has 0 spiro atoms. The van der Waals surface area contributed by atoms with Gasteiger partial charge >= 0.3 is 0 Å². The quantitative estimate of drug-likeness (QED) is 0.753. The molecule has 0 aromatic heterocycles. The topological polar surface area (TPSA) is 20.2 Å². The Hall–Kier alpha value is -0.530. The second-order valence-electron chi connectivity index (χ2n) is 4.45. The molecule has 1 nitrogen and oxygen atoms in total. The van der Waals surface area contributed by atoms with Crippen LogP contribution in [0, 0.1) is 11.8 Å². The van der Waals surface area contributed by atoms with Crippen LogP contribution in [-0.4, -0.2) is 5.11 Å². The van der Waals surface area contributed by atoms with Gasteiger partial charge in [-0.05, 0) is 30.7 Å². The van der Waals surface area contributed by atoms with Crippen LogP contribution in [0.5, 0.6) is 0 Å². The van der Waals surface area contributed by atoms with Crippen LogP contribution in [-0.2, 0) is 5.60 Å². The summed E-state index contributed by atoms with van der Waals surface area (Å²) < 4.78 is 0. The summed E-state index contributed by atoms with van der Waals surface area (Å²) in [7, 11) is 0. The number of halogens is 1. The van der Waals surface area contributed by atoms with Crippen molar-refractivity contribution in [3.63, 3.8) is 0 Å². The van der Waals surface area contributed by atoms with Gasteiger partial charge in [-0.15, -0.1) is 0 Å². The summed E-state index contributed by atoms with van der Waals surface area (Å²) in [5.74, 6) is 0.949. The van der Waals surface area contributed by atoms with E-state index in [4.69, 9.17) is 11.6 Å². The van der Waals surface area contributed by atoms with E-state index >= 15 is 0 Å². The van der Waals surface area contributed by atoms with Gasteiger partial charge in [0.15, 0.2) is 0 Å². The van der Waals surface area contributed by atoms with E-state index in [9.17, 15) is 5.11 Å². The van der Waals surface area contributed by atoms with Gasteiger partial charge in [0.1, 0.15) is 0 Å². The van der Waals surface area contributed by atoms with E-state index in [1.165, 1.54) is 6.42 Å². The lowest BCUT2D eigenvalue weighted by atomic mass is 9.99. The Bertz CT molecular complexity index is 364. The average Bonchev–Trinajstić information content (AvgIpc) is 2.63. The Labute approximate surface area is 88.7 Å². The van der Waals surface area contributed by atoms with Gasteiger partial charge < -0.3 is 5.11 Å². The highest BCUT2D eigenvalue weighted by Crippen LogP contribution is 2.66. The largest absolute Gasteiger partial charge is 0.385 e. The number of aliphatic hydroxyl groups is 1. The summed E-state index contributed by atoms with van der Waals surface area (Å²) >= 11 is 6.10. The first-order chi connectivity index (χ1) is 6.74. The Morgan fingerprint density at radius 1 is 1.21 bits per heavy atom. The summed E-state index contributed by atoms with van der Waals surface area (Å²) in [6, 6.07) is 7.68. The first-order valence-electron chi connectivity index (χ1n) is 5.22. The zero-order valence-corrected chi connectivity index (χ0v) is 8.67. The summed E-state index contributed by atoms with van der Waals surface area (Å²) in [5.41, 5.74) is 0.354. The van der Waals surface area contributed by atoms with Crippen LogP contribution in [0.25, 0.3) is 0 Å². The smallest absolute Gasteiger partial charge is 0.0974 e. The molecule has 74 valence electrons. The van der Waals surface area contributed by atoms with Gasteiger partial charge in [0.05, 0.1) is 5.60 Å². The van der Waals surface area contributed by atoms with Crippen molar-refractivity contribution in [2.24, 2.45) is 11.8 Å². The molecular weight excluding hydrogens is 196 g/mol. The maximum absolute atomic E-state index is 10.5. The van der Waals surface area contributed by atoms with Gasteiger partial charge in [-0.25, -0.2) is 0 Å². The normalized spacial score (nSPS) is 39.6. The van der Waals surface area contributed by atoms with E-state index in [1.807, 2.05) is 24.3 Å². The van der Waals surface area contributed by atoms with Crippen LogP contribution < -0.4 is 0 Å². The molecule has 2 atom stereocenters. The highest BCUT2D eigenvalue weighted by molar-refractivity contribution is 6.31. The minimum atomic E-state index is -0.587. The molecule has 0 amide bonds. The molecular formula is C12H13ClO. The summed E-state index contributed by atoms with van der Waals surface area (Å²) in [6.45, 7) is 0. The maximum Gasteiger partial charge on any atom is 0.0974 e. The molecule has 3 rings (SSSR count). The van der Waals surface area contributed by atoms with Crippen LogP contribution in [0.1, 0.15) is 24.8 Å². The lowest BCUT2D eigenvalue weighted by Crippen LogP contribution is -2.13. The molecule has 0 saturated heterocycles. The van der Waals surface area contributed by atoms with Crippen molar-refractivity contribution in [1.82, 2.24) is 0 Å². The molecule has 2 aliphatic rings. The SMILES string of the molecule is OC1(c2ccccc2Cl)C2CCCC21. The third-order valence-corrected chi connectivity index (χ3v) is 4.17. The molecule has 0 radical (unpaired) electrons. The molecule has 1 aromatic rings. The lowest BCUT2D eigenvalue weighted by molar-refractivity contribution is 0.105. The van der Waals surface area contributed by atoms with Crippen LogP contribution in [0.15, 0.2) is 24.3 Å². The number of benzene rings is 1. The minimum absolute atomic E-state index is 0.474. The first kappa shape index (κ1) is 8.75. The van der Waals surface area contributed by atoms with Crippen molar-refractivity contribution in [2.75, 3.05) is 0 Å². The van der Waals surface area contributed by atoms with E-state index in [-0.39, 0.29) is 0 Å². The van der Waals surface area contributed by atoms with Gasteiger partial charge in [-0.1, -0.05) is 36.2 Å². The number of hydrogen-bond acceptors (Lipinski definition) is 1. The molecule has 2 saturated carbocycles. The summed E-state index contributed by atoms with van der Waals surface area (Å²) in [4.78, 5) is 0. The molecule has 2 fully saturated rings. The molecule has 0 heterocycles. The zero-order valence-electron chi connectivity index (χ0n) is 7.91. The monoisotopic (exact) mass is 208 g/mol. The fraction of sp³-hybridized carbons (Fsp3) is 0.500. The van der Waals surface area contributed by atoms with Gasteiger partial charge in [0.2, 0.25) is 0 Å². The first-order valence-corrected chi connectivity index (χ1v) is 5.60. The number of rotatable bonds is 1. The maximum atomic E-state index is 10.5. The second kappa shape index (κ2) is 2.74. The predicted molar refractivity (Wildman–Crippen MR) is 56.2 cm³/mol. The highest BCUT2D eigenvalue weighted by Gasteiger charge is 2.66. The molecule has 1 aromatic carbocycles. The number of hydrogen-bond donors (Lipinski definition) is 1. The number of fused-ring (bicyclic) bond motifs is 1. The Morgan fingerprint density at radius 2 is 1.86 bits per heavy atom. The van der Waals surface area contributed by atoms with E-state index in [0.717, 1.165) is 18.4 Å². The molecule has 2 aliphatic carbocycles. The van der Waals surface area contributed by atoms with Crippen LogP contribution in [0.3, 0.4) is 0 Å². The fourth-order valence-corrected chi connectivity index (χ4v) is 3.39. The summed E-state index contributed by atoms with van der Waals surface area (Å²) in [6.07, 6.45) is 3.58. The standard InChI is InChI=1S/C12H13ClO/c13-11-7-2-1-4-10(11)12(14)8-5-3-6-9(8)12/h1-2,4,7-9,14H,3,5-6H2. The van der Waals surface area contributed by atoms with Crippen molar-refractivity contribution in [1.29, 1.82) is 0 Å². The van der Waals surface area contributed by atoms with Crippen molar-refractivity contribution in [2.45, 2.75) is 24.9 Å². The van der Waals surface area contributed by atoms with E-state index in [0.29, 0.717) is 16.9 Å². The third-order valence-electron chi connectivity index (χ3n) is 3.84. The van der Waals surface area contributed by atoms with Crippen LogP contribution >= 0.6 is 11.6 Å². The average molecular weight is 209 g/mol. The van der Waals surface area contributed by atoms with Crippen molar-refractivity contribution in [3.8, 4) is 0 Å². The highest BCUT2D eigenvalue weighted by atomic mass is 35.5. The fourth-order valence-electron chi connectivity index (χ4n) is 3.11. The van der Waals surface area contributed by atoms with Crippen molar-refractivity contribution < 1.29 is 5.11 Å². The van der Waals surface area contributed by atoms with E-state index in [2.05, 4.69) is 0 Å². The molecule has 2 unspecified atom stereocenters. The molecule has 1 N–H and O–H groups in total. The molecule has 14 heavy (non-hydrogen) atoms. The van der Waals surface area contributed by atoms with Crippen LogP contribution in [0.4, 0.5) is 0 Å². The minimum Gasteiger partial charge on any atom is -0.385 e. The molecule has 2 heteroatoms. The second-order valence-corrected chi connectivity index (χ2v) is 4.86. The molecule has 0 aliphatic heterocycles. The Balaban J connectivity index is 2.01. The van der Waals surface area contributed by atoms with Crippen molar-refractivity contribution in [3.05, 3.63) is 34.9 Å².